The smallest absolute Gasteiger partial charge is 0.417 e. The number of cyclic esters (lactones) is 1. The molecule has 1 aliphatic heterocycles. The molecule has 1 saturated heterocycles. The number of hydrogen-bond acceptors (Lipinski definition) is 3. The molecule has 0 N–H and O–H groups in total. The first kappa shape index (κ1) is 11.6. The molecule has 0 radical (unpaired) electrons. The predicted molar refractivity (Wildman–Crippen MR) is 62.3 cm³/mol. The molecule has 1 heterocycles. The van der Waals surface area contributed by atoms with Gasteiger partial charge in [-0.15, -0.1) is 0 Å². The molecular weight excluding hydrogens is 218 g/mol. The van der Waals surface area contributed by atoms with Crippen LogP contribution in [0.1, 0.15) is 31.4 Å². The third kappa shape index (κ3) is 2.30. The second kappa shape index (κ2) is 4.99. The largest absolute Gasteiger partial charge is 0.431 e. The zero-order valence-electron chi connectivity index (χ0n) is 9.76. The zero-order chi connectivity index (χ0) is 12.3. The highest BCUT2D eigenvalue weighted by Crippen LogP contribution is 2.27. The predicted octanol–water partition coefficient (Wildman–Crippen LogP) is 2.51. The number of hydrogen-bond donors (Lipinski definition) is 0. The van der Waals surface area contributed by atoms with Gasteiger partial charge >= 0.3 is 6.09 Å². The van der Waals surface area contributed by atoms with Crippen LogP contribution in [0.15, 0.2) is 30.3 Å². The van der Waals surface area contributed by atoms with Crippen LogP contribution in [0.3, 0.4) is 0 Å². The van der Waals surface area contributed by atoms with Gasteiger partial charge in [0.2, 0.25) is 6.10 Å². The van der Waals surface area contributed by atoms with E-state index in [0.29, 0.717) is 6.54 Å². The van der Waals surface area contributed by atoms with Gasteiger partial charge in [-0.2, -0.15) is 0 Å². The lowest BCUT2D eigenvalue weighted by Crippen LogP contribution is -2.30. The Morgan fingerprint density at radius 3 is 2.59 bits per heavy atom. The van der Waals surface area contributed by atoms with Crippen LogP contribution in [0.25, 0.3) is 0 Å². The van der Waals surface area contributed by atoms with Crippen molar-refractivity contribution in [2.45, 2.75) is 25.9 Å². The van der Waals surface area contributed by atoms with Crippen LogP contribution < -0.4 is 0 Å². The molecule has 2 amide bonds. The fourth-order valence-corrected chi connectivity index (χ4v) is 1.80. The van der Waals surface area contributed by atoms with E-state index in [1.165, 1.54) is 4.90 Å². The highest BCUT2D eigenvalue weighted by Gasteiger charge is 2.40. The Morgan fingerprint density at radius 1 is 1.24 bits per heavy atom. The normalized spacial score (nSPS) is 19.6. The van der Waals surface area contributed by atoms with E-state index >= 15 is 0 Å². The molecule has 17 heavy (non-hydrogen) atoms. The van der Waals surface area contributed by atoms with E-state index in [1.54, 1.807) is 12.1 Å². The van der Waals surface area contributed by atoms with E-state index in [1.807, 2.05) is 25.1 Å². The Hall–Kier alpha value is -1.84. The fourth-order valence-electron chi connectivity index (χ4n) is 1.80. The molecule has 1 aliphatic rings. The number of benzene rings is 1. The SMILES string of the molecule is CCCCN1C(=O)OC(c2ccccc2)C1=O. The number of unbranched alkanes of at least 4 members (excludes halogenated alkanes) is 1. The summed E-state index contributed by atoms with van der Waals surface area (Å²) in [5.74, 6) is -0.255. The van der Waals surface area contributed by atoms with E-state index in [4.69, 9.17) is 4.74 Å². The summed E-state index contributed by atoms with van der Waals surface area (Å²) in [6.45, 7) is 2.46. The van der Waals surface area contributed by atoms with Crippen molar-refractivity contribution >= 4 is 12.0 Å². The Balaban J connectivity index is 2.13. The summed E-state index contributed by atoms with van der Waals surface area (Å²) in [6, 6.07) is 9.09. The Morgan fingerprint density at radius 2 is 1.94 bits per heavy atom. The van der Waals surface area contributed by atoms with Gasteiger partial charge in [0.25, 0.3) is 5.91 Å². The second-order valence-electron chi connectivity index (χ2n) is 4.02. The number of carbonyl (C=O) groups excluding carboxylic acids is 2. The minimum atomic E-state index is -0.763. The van der Waals surface area contributed by atoms with Crippen molar-refractivity contribution in [2.75, 3.05) is 6.54 Å². The van der Waals surface area contributed by atoms with E-state index in [9.17, 15) is 9.59 Å². The second-order valence-corrected chi connectivity index (χ2v) is 4.02. The first-order valence-electron chi connectivity index (χ1n) is 5.81. The lowest BCUT2D eigenvalue weighted by molar-refractivity contribution is -0.129. The summed E-state index contributed by atoms with van der Waals surface area (Å²) in [4.78, 5) is 24.8. The molecule has 1 aromatic carbocycles. The number of carbonyl (C=O) groups is 2. The molecule has 0 spiro atoms. The van der Waals surface area contributed by atoms with Gasteiger partial charge in [-0.25, -0.2) is 9.69 Å². The summed E-state index contributed by atoms with van der Waals surface area (Å²) in [5, 5.41) is 0. The number of rotatable bonds is 4. The van der Waals surface area contributed by atoms with Gasteiger partial charge in [0.15, 0.2) is 0 Å². The Labute approximate surface area is 100 Å². The molecule has 1 fully saturated rings. The van der Waals surface area contributed by atoms with E-state index in [0.717, 1.165) is 18.4 Å². The molecule has 0 bridgehead atoms. The van der Waals surface area contributed by atoms with Crippen molar-refractivity contribution in [1.82, 2.24) is 4.90 Å². The van der Waals surface area contributed by atoms with Crippen molar-refractivity contribution in [3.8, 4) is 0 Å². The molecule has 2 rings (SSSR count). The van der Waals surface area contributed by atoms with E-state index in [-0.39, 0.29) is 5.91 Å². The molecular formula is C13H15NO3. The van der Waals surface area contributed by atoms with Crippen molar-refractivity contribution in [3.63, 3.8) is 0 Å². The van der Waals surface area contributed by atoms with Gasteiger partial charge < -0.3 is 4.74 Å². The van der Waals surface area contributed by atoms with Crippen molar-refractivity contribution in [1.29, 1.82) is 0 Å². The summed E-state index contributed by atoms with van der Waals surface area (Å²) >= 11 is 0. The average molecular weight is 233 g/mol. The highest BCUT2D eigenvalue weighted by molar-refractivity contribution is 6.00. The van der Waals surface area contributed by atoms with Crippen LogP contribution >= 0.6 is 0 Å². The average Bonchev–Trinajstić information content (AvgIpc) is 2.64. The molecule has 4 heteroatoms. The van der Waals surface area contributed by atoms with Crippen LogP contribution in [0.4, 0.5) is 4.79 Å². The van der Waals surface area contributed by atoms with E-state index < -0.39 is 12.2 Å². The van der Waals surface area contributed by atoms with Gasteiger partial charge in [0.05, 0.1) is 0 Å². The molecule has 1 aromatic rings. The van der Waals surface area contributed by atoms with Crippen LogP contribution in [-0.2, 0) is 9.53 Å². The molecule has 4 nitrogen and oxygen atoms in total. The van der Waals surface area contributed by atoms with Crippen LogP contribution in [-0.4, -0.2) is 23.4 Å². The van der Waals surface area contributed by atoms with Crippen molar-refractivity contribution in [3.05, 3.63) is 35.9 Å². The molecule has 90 valence electrons. The van der Waals surface area contributed by atoms with Crippen LogP contribution in [0.5, 0.6) is 0 Å². The summed E-state index contributed by atoms with van der Waals surface area (Å²) in [6.07, 6.45) is 0.452. The number of ether oxygens (including phenoxy) is 1. The highest BCUT2D eigenvalue weighted by atomic mass is 16.6. The summed E-state index contributed by atoms with van der Waals surface area (Å²) in [7, 11) is 0. The van der Waals surface area contributed by atoms with Crippen LogP contribution in [0.2, 0.25) is 0 Å². The number of nitrogens with zero attached hydrogens (tertiary/aromatic N) is 1. The maximum absolute atomic E-state index is 12.0. The fraction of sp³-hybridized carbons (Fsp3) is 0.385. The minimum Gasteiger partial charge on any atom is -0.431 e. The molecule has 0 aliphatic carbocycles. The lowest BCUT2D eigenvalue weighted by atomic mass is 10.1. The first-order valence-corrected chi connectivity index (χ1v) is 5.81. The van der Waals surface area contributed by atoms with Gasteiger partial charge in [-0.05, 0) is 6.42 Å². The van der Waals surface area contributed by atoms with Gasteiger partial charge in [0, 0.05) is 12.1 Å². The van der Waals surface area contributed by atoms with Gasteiger partial charge in [0.1, 0.15) is 0 Å². The van der Waals surface area contributed by atoms with E-state index in [2.05, 4.69) is 0 Å². The van der Waals surface area contributed by atoms with Crippen LogP contribution in [0, 0.1) is 0 Å². The quantitative estimate of drug-likeness (QED) is 0.802. The molecule has 0 aromatic heterocycles. The standard InChI is InChI=1S/C13H15NO3/c1-2-3-9-14-12(15)11(17-13(14)16)10-7-5-4-6-8-10/h4-8,11H,2-3,9H2,1H3. The molecule has 0 saturated carbocycles. The van der Waals surface area contributed by atoms with Crippen molar-refractivity contribution < 1.29 is 14.3 Å². The summed E-state index contributed by atoms with van der Waals surface area (Å²) in [5.41, 5.74) is 0.727. The Bertz CT molecular complexity index is 416. The third-order valence-corrected chi connectivity index (χ3v) is 2.77. The maximum Gasteiger partial charge on any atom is 0.417 e. The molecule has 1 atom stereocenters. The minimum absolute atomic E-state index is 0.255. The van der Waals surface area contributed by atoms with Crippen molar-refractivity contribution in [2.24, 2.45) is 0 Å². The molecule has 1 unspecified atom stereocenters. The monoisotopic (exact) mass is 233 g/mol. The van der Waals surface area contributed by atoms with Gasteiger partial charge in [-0.1, -0.05) is 43.7 Å². The lowest BCUT2D eigenvalue weighted by Gasteiger charge is -2.09. The maximum atomic E-state index is 12.0. The Kier molecular flexibility index (Phi) is 3.42. The zero-order valence-corrected chi connectivity index (χ0v) is 9.76. The van der Waals surface area contributed by atoms with Gasteiger partial charge in [-0.3, -0.25) is 4.79 Å². The number of amides is 2. The summed E-state index contributed by atoms with van der Waals surface area (Å²) < 4.78 is 5.11. The number of imide groups is 1. The topological polar surface area (TPSA) is 46.6 Å². The third-order valence-electron chi connectivity index (χ3n) is 2.77. The first-order chi connectivity index (χ1) is 8.24.